The number of nitrogens with zero attached hydrogens (tertiary/aromatic N) is 2. The average molecular weight is 456 g/mol. The lowest BCUT2D eigenvalue weighted by atomic mass is 9.78. The first kappa shape index (κ1) is 22.1. The van der Waals surface area contributed by atoms with E-state index in [1.54, 1.807) is 43.4 Å². The summed E-state index contributed by atoms with van der Waals surface area (Å²) in [6.07, 6.45) is -0.623. The molecule has 0 saturated carbocycles. The number of rotatable bonds is 4. The summed E-state index contributed by atoms with van der Waals surface area (Å²) >= 11 is 6.37. The molecule has 2 aromatic carbocycles. The summed E-state index contributed by atoms with van der Waals surface area (Å²) in [6, 6.07) is 11.3. The number of amides is 2. The molecule has 2 aromatic rings. The number of quaternary nitrogens is 1. The maximum atomic E-state index is 14.0. The Morgan fingerprint density at radius 2 is 2.09 bits per heavy atom. The Bertz CT molecular complexity index is 1160. The fourth-order valence-electron chi connectivity index (χ4n) is 5.40. The fourth-order valence-corrected chi connectivity index (χ4v) is 5.58. The third-order valence-electron chi connectivity index (χ3n) is 6.76. The van der Waals surface area contributed by atoms with Crippen LogP contribution in [-0.4, -0.2) is 61.3 Å². The lowest BCUT2D eigenvalue weighted by Gasteiger charge is -2.48. The number of methoxy groups -OCH3 is 1. The Kier molecular flexibility index (Phi) is 5.37. The van der Waals surface area contributed by atoms with Crippen LogP contribution in [0, 0.1) is 11.3 Å². The van der Waals surface area contributed by atoms with E-state index in [0.29, 0.717) is 33.1 Å². The molecule has 4 atom stereocenters. The van der Waals surface area contributed by atoms with Gasteiger partial charge in [0.15, 0.2) is 6.04 Å². The molecule has 1 fully saturated rings. The summed E-state index contributed by atoms with van der Waals surface area (Å²) < 4.78 is 5.49. The number of hydrogen-bond donors (Lipinski definition) is 3. The van der Waals surface area contributed by atoms with E-state index < -0.39 is 17.7 Å². The van der Waals surface area contributed by atoms with Crippen molar-refractivity contribution in [3.8, 4) is 11.8 Å². The molecule has 3 N–H and O–H groups in total. The Labute approximate surface area is 190 Å². The van der Waals surface area contributed by atoms with Gasteiger partial charge in [-0.1, -0.05) is 11.6 Å². The number of benzene rings is 2. The van der Waals surface area contributed by atoms with Crippen LogP contribution in [0.2, 0.25) is 5.02 Å². The summed E-state index contributed by atoms with van der Waals surface area (Å²) in [5.74, 6) is -0.279. The molecule has 0 bridgehead atoms. The summed E-state index contributed by atoms with van der Waals surface area (Å²) in [5, 5.41) is 26.3. The zero-order chi connectivity index (χ0) is 23.3. The number of ether oxygens (including phenoxy) is 1. The Morgan fingerprint density at radius 3 is 2.75 bits per heavy atom. The first-order valence-electron chi connectivity index (χ1n) is 10.2. The molecule has 2 unspecified atom stereocenters. The third-order valence-corrected chi connectivity index (χ3v) is 6.99. The Balaban J connectivity index is 2.15. The molecular formula is C23H24ClN4O4+. The number of hydrogen-bond acceptors (Lipinski definition) is 5. The molecule has 2 amide bonds. The van der Waals surface area contributed by atoms with E-state index in [-0.39, 0.29) is 29.3 Å². The summed E-state index contributed by atoms with van der Waals surface area (Å²) in [7, 11) is 4.80. The van der Waals surface area contributed by atoms with Gasteiger partial charge < -0.3 is 20.5 Å². The fraction of sp³-hybridized carbons (Fsp3) is 0.348. The standard InChI is InChI=1S/C23H23ClN4O4/c1-26-21(30)19-10-15(29)12-28(19,2)23(17-8-13(11-25)4-7-20(17)32-3)16-9-14(24)5-6-18(16)27-22(23)31/h4-9,15,19,29H,10,12H2,1-3H3,(H-,26,27,30,31)/p+1/t15-,19+,23?,28?/m1/s1. The average Bonchev–Trinajstić information content (AvgIpc) is 3.25. The molecule has 2 aliphatic rings. The number of halogens is 1. The van der Waals surface area contributed by atoms with Crippen LogP contribution in [0.4, 0.5) is 5.69 Å². The molecule has 2 aliphatic heterocycles. The smallest absolute Gasteiger partial charge is 0.295 e. The summed E-state index contributed by atoms with van der Waals surface area (Å²) in [4.78, 5) is 27.0. The van der Waals surface area contributed by atoms with Crippen molar-refractivity contribution in [2.75, 3.05) is 33.1 Å². The monoisotopic (exact) mass is 455 g/mol. The molecule has 0 aromatic heterocycles. The van der Waals surface area contributed by atoms with Crippen LogP contribution in [-0.2, 0) is 15.1 Å². The first-order valence-corrected chi connectivity index (χ1v) is 10.6. The predicted octanol–water partition coefficient (Wildman–Crippen LogP) is 1.74. The van der Waals surface area contributed by atoms with Crippen molar-refractivity contribution in [2.24, 2.45) is 0 Å². The van der Waals surface area contributed by atoms with Gasteiger partial charge in [-0.15, -0.1) is 0 Å². The number of likely N-dealkylation sites (N-methyl/N-ethyl adjacent to an activating group) is 2. The van der Waals surface area contributed by atoms with Crippen LogP contribution in [0.3, 0.4) is 0 Å². The van der Waals surface area contributed by atoms with Crippen LogP contribution in [0.5, 0.6) is 5.75 Å². The van der Waals surface area contributed by atoms with Gasteiger partial charge in [0.1, 0.15) is 18.4 Å². The lowest BCUT2D eigenvalue weighted by molar-refractivity contribution is -0.953. The van der Waals surface area contributed by atoms with Crippen LogP contribution in [0.1, 0.15) is 23.1 Å². The Hall–Kier alpha value is -3.12. The normalized spacial score (nSPS) is 28.6. The van der Waals surface area contributed by atoms with E-state index >= 15 is 0 Å². The maximum Gasteiger partial charge on any atom is 0.295 e. The molecule has 0 spiro atoms. The SMILES string of the molecule is CNC(=O)[C@@H]1C[C@@H](O)C[N+]1(C)C1(c2cc(C#N)ccc2OC)C(=O)Nc2ccc(Cl)cc21. The quantitative estimate of drug-likeness (QED) is 0.608. The second-order valence-electron chi connectivity index (χ2n) is 8.35. The molecule has 2 heterocycles. The van der Waals surface area contributed by atoms with Crippen molar-refractivity contribution in [3.05, 3.63) is 58.1 Å². The van der Waals surface area contributed by atoms with Gasteiger partial charge in [0.25, 0.3) is 11.8 Å². The lowest BCUT2D eigenvalue weighted by Crippen LogP contribution is -2.68. The molecular weight excluding hydrogens is 432 g/mol. The number of nitrogens with one attached hydrogen (secondary N) is 2. The predicted molar refractivity (Wildman–Crippen MR) is 118 cm³/mol. The van der Waals surface area contributed by atoms with Crippen molar-refractivity contribution in [1.29, 1.82) is 5.26 Å². The van der Waals surface area contributed by atoms with E-state index in [1.807, 2.05) is 0 Å². The number of anilines is 1. The van der Waals surface area contributed by atoms with Gasteiger partial charge in [0.2, 0.25) is 5.54 Å². The van der Waals surface area contributed by atoms with Gasteiger partial charge in [-0.05, 0) is 36.4 Å². The molecule has 166 valence electrons. The number of likely N-dealkylation sites (tertiary alicyclic amines) is 1. The molecule has 4 rings (SSSR count). The van der Waals surface area contributed by atoms with E-state index in [9.17, 15) is 20.0 Å². The minimum Gasteiger partial charge on any atom is -0.496 e. The number of fused-ring (bicyclic) bond motifs is 1. The van der Waals surface area contributed by atoms with Crippen LogP contribution < -0.4 is 15.4 Å². The highest BCUT2D eigenvalue weighted by molar-refractivity contribution is 6.31. The maximum absolute atomic E-state index is 14.0. The van der Waals surface area contributed by atoms with Crippen molar-refractivity contribution >= 4 is 29.1 Å². The van der Waals surface area contributed by atoms with E-state index in [2.05, 4.69) is 16.7 Å². The van der Waals surface area contributed by atoms with Gasteiger partial charge in [-0.3, -0.25) is 14.1 Å². The molecule has 1 saturated heterocycles. The van der Waals surface area contributed by atoms with Crippen molar-refractivity contribution in [1.82, 2.24) is 5.32 Å². The van der Waals surface area contributed by atoms with Crippen molar-refractivity contribution < 1.29 is 23.9 Å². The van der Waals surface area contributed by atoms with E-state index in [4.69, 9.17) is 16.3 Å². The zero-order valence-corrected chi connectivity index (χ0v) is 18.7. The van der Waals surface area contributed by atoms with Crippen LogP contribution in [0.15, 0.2) is 36.4 Å². The van der Waals surface area contributed by atoms with Gasteiger partial charge in [-0.2, -0.15) is 5.26 Å². The van der Waals surface area contributed by atoms with Crippen molar-refractivity contribution in [3.63, 3.8) is 0 Å². The van der Waals surface area contributed by atoms with Crippen LogP contribution in [0.25, 0.3) is 0 Å². The Morgan fingerprint density at radius 1 is 1.34 bits per heavy atom. The highest BCUT2D eigenvalue weighted by Gasteiger charge is 2.68. The second-order valence-corrected chi connectivity index (χ2v) is 8.79. The largest absolute Gasteiger partial charge is 0.496 e. The van der Waals surface area contributed by atoms with E-state index in [1.165, 1.54) is 14.2 Å². The highest BCUT2D eigenvalue weighted by atomic mass is 35.5. The van der Waals surface area contributed by atoms with Crippen LogP contribution >= 0.6 is 11.6 Å². The minimum absolute atomic E-state index is 0.136. The van der Waals surface area contributed by atoms with Gasteiger partial charge in [0, 0.05) is 18.5 Å². The van der Waals surface area contributed by atoms with Gasteiger partial charge in [0.05, 0.1) is 42.6 Å². The number of nitriles is 1. The molecule has 8 nitrogen and oxygen atoms in total. The van der Waals surface area contributed by atoms with E-state index in [0.717, 1.165) is 0 Å². The number of carbonyl (C=O) groups is 2. The molecule has 32 heavy (non-hydrogen) atoms. The topological polar surface area (TPSA) is 111 Å². The molecule has 0 aliphatic carbocycles. The minimum atomic E-state index is -1.49. The van der Waals surface area contributed by atoms with Gasteiger partial charge in [-0.25, -0.2) is 0 Å². The third kappa shape index (κ3) is 2.89. The zero-order valence-electron chi connectivity index (χ0n) is 18.0. The highest BCUT2D eigenvalue weighted by Crippen LogP contribution is 2.55. The number of carbonyl (C=O) groups excluding carboxylic acids is 2. The second kappa shape index (κ2) is 7.78. The summed E-state index contributed by atoms with van der Waals surface area (Å²) in [5.41, 5.74) is 0.399. The summed E-state index contributed by atoms with van der Waals surface area (Å²) in [6.45, 7) is 0.136. The first-order chi connectivity index (χ1) is 15.2. The van der Waals surface area contributed by atoms with Gasteiger partial charge >= 0.3 is 0 Å². The molecule has 0 radical (unpaired) electrons. The molecule has 9 heteroatoms. The number of aliphatic hydroxyl groups is 1. The number of aliphatic hydroxyl groups excluding tert-OH is 1. The van der Waals surface area contributed by atoms with Crippen molar-refractivity contribution in [2.45, 2.75) is 24.1 Å².